The zero-order valence-corrected chi connectivity index (χ0v) is 24.4. The SMILES string of the molecule is CC[C@@H](c1cc2scc(Cl)n2c(=O)c1-c1cccc(C)c1)n1nc(-c2ccc(OC3CC3)c(F)c2)c2c(N)ncnc21. The molecule has 11 heteroatoms. The van der Waals surface area contributed by atoms with Crippen LogP contribution in [0.1, 0.15) is 43.4 Å². The van der Waals surface area contributed by atoms with E-state index in [2.05, 4.69) is 9.97 Å². The maximum atomic E-state index is 15.1. The molecule has 42 heavy (non-hydrogen) atoms. The highest BCUT2D eigenvalue weighted by Gasteiger charge is 2.28. The van der Waals surface area contributed by atoms with Crippen molar-refractivity contribution in [1.82, 2.24) is 24.1 Å². The van der Waals surface area contributed by atoms with E-state index in [9.17, 15) is 4.79 Å². The summed E-state index contributed by atoms with van der Waals surface area (Å²) in [6.07, 6.45) is 3.90. The fourth-order valence-corrected chi connectivity index (χ4v) is 6.61. The molecule has 1 fully saturated rings. The standard InChI is InChI=1S/C31H26ClFN6O2S/c1-3-22(20-13-25-38(24(32)14-42-25)31(40)26(20)17-6-4-5-16(2)11-17)39-30-27(29(34)35-15-36-30)28(37-39)18-7-10-23(21(33)12-18)41-19-8-9-19/h4-7,10-15,19,22H,3,8-9H2,1-2H3,(H2,34,35,36)/t22-/m0/s1. The lowest BCUT2D eigenvalue weighted by atomic mass is 9.94. The number of pyridine rings is 1. The number of nitrogens with two attached hydrogens (primary N) is 1. The van der Waals surface area contributed by atoms with E-state index in [1.807, 2.05) is 44.2 Å². The Balaban J connectivity index is 1.46. The van der Waals surface area contributed by atoms with E-state index in [1.54, 1.807) is 22.2 Å². The third kappa shape index (κ3) is 4.42. The molecule has 0 aliphatic heterocycles. The number of rotatable bonds is 7. The average molecular weight is 601 g/mol. The maximum Gasteiger partial charge on any atom is 0.265 e. The smallest absolute Gasteiger partial charge is 0.265 e. The molecule has 1 aliphatic carbocycles. The second-order valence-electron chi connectivity index (χ2n) is 10.5. The molecule has 0 bridgehead atoms. The molecule has 2 aromatic carbocycles. The molecule has 1 aliphatic rings. The number of anilines is 1. The van der Waals surface area contributed by atoms with Crippen LogP contribution in [0, 0.1) is 12.7 Å². The number of benzene rings is 2. The van der Waals surface area contributed by atoms with E-state index in [0.29, 0.717) is 44.3 Å². The Bertz CT molecular complexity index is 2060. The third-order valence-electron chi connectivity index (χ3n) is 7.58. The molecule has 0 unspecified atom stereocenters. The first-order valence-corrected chi connectivity index (χ1v) is 14.9. The summed E-state index contributed by atoms with van der Waals surface area (Å²) in [6, 6.07) is 14.2. The van der Waals surface area contributed by atoms with Crippen molar-refractivity contribution >= 4 is 44.6 Å². The lowest BCUT2D eigenvalue weighted by Crippen LogP contribution is -2.21. The van der Waals surface area contributed by atoms with Gasteiger partial charge in [0.1, 0.15) is 27.8 Å². The van der Waals surface area contributed by atoms with E-state index < -0.39 is 11.9 Å². The Labute approximate surface area is 249 Å². The molecule has 0 saturated heterocycles. The summed E-state index contributed by atoms with van der Waals surface area (Å²) < 4.78 is 24.1. The number of aryl methyl sites for hydroxylation is 1. The van der Waals surface area contributed by atoms with Crippen LogP contribution >= 0.6 is 22.9 Å². The van der Waals surface area contributed by atoms with Crippen LogP contribution < -0.4 is 16.0 Å². The summed E-state index contributed by atoms with van der Waals surface area (Å²) in [7, 11) is 0. The minimum atomic E-state index is -0.473. The van der Waals surface area contributed by atoms with Gasteiger partial charge in [-0.25, -0.2) is 19.0 Å². The van der Waals surface area contributed by atoms with Gasteiger partial charge >= 0.3 is 0 Å². The monoisotopic (exact) mass is 600 g/mol. The van der Waals surface area contributed by atoms with Crippen molar-refractivity contribution in [3.8, 4) is 28.1 Å². The first kappa shape index (κ1) is 26.6. The van der Waals surface area contributed by atoms with Gasteiger partial charge in [-0.1, -0.05) is 48.4 Å². The van der Waals surface area contributed by atoms with Gasteiger partial charge in [-0.2, -0.15) is 5.10 Å². The van der Waals surface area contributed by atoms with Crippen molar-refractivity contribution in [2.75, 3.05) is 5.73 Å². The quantitative estimate of drug-likeness (QED) is 0.211. The highest BCUT2D eigenvalue weighted by Crippen LogP contribution is 2.39. The van der Waals surface area contributed by atoms with E-state index in [0.717, 1.165) is 29.5 Å². The van der Waals surface area contributed by atoms with Gasteiger partial charge in [0, 0.05) is 10.9 Å². The van der Waals surface area contributed by atoms with Gasteiger partial charge in [0.15, 0.2) is 17.2 Å². The molecule has 6 aromatic rings. The van der Waals surface area contributed by atoms with E-state index in [-0.39, 0.29) is 23.2 Å². The van der Waals surface area contributed by atoms with Crippen LogP contribution in [0.15, 0.2) is 65.0 Å². The van der Waals surface area contributed by atoms with Crippen molar-refractivity contribution in [2.45, 2.75) is 45.3 Å². The van der Waals surface area contributed by atoms with Crippen molar-refractivity contribution in [1.29, 1.82) is 0 Å². The van der Waals surface area contributed by atoms with Gasteiger partial charge < -0.3 is 10.5 Å². The van der Waals surface area contributed by atoms with Crippen LogP contribution in [-0.4, -0.2) is 30.3 Å². The van der Waals surface area contributed by atoms with Gasteiger partial charge in [-0.15, -0.1) is 11.3 Å². The zero-order valence-electron chi connectivity index (χ0n) is 22.8. The van der Waals surface area contributed by atoms with E-state index >= 15 is 4.39 Å². The largest absolute Gasteiger partial charge is 0.487 e. The normalized spacial score (nSPS) is 14.1. The lowest BCUT2D eigenvalue weighted by molar-refractivity contribution is 0.287. The molecule has 2 N–H and O–H groups in total. The fraction of sp³-hybridized carbons (Fsp3) is 0.226. The topological polar surface area (TPSA) is 100 Å². The molecule has 0 radical (unpaired) electrons. The number of aromatic nitrogens is 5. The number of hydrogen-bond acceptors (Lipinski definition) is 7. The Morgan fingerprint density at radius 1 is 1.17 bits per heavy atom. The summed E-state index contributed by atoms with van der Waals surface area (Å²) in [5, 5.41) is 7.60. The number of halogens is 2. The molecule has 0 amide bonds. The Hall–Kier alpha value is -4.28. The maximum absolute atomic E-state index is 15.1. The van der Waals surface area contributed by atoms with Crippen LogP contribution in [-0.2, 0) is 0 Å². The van der Waals surface area contributed by atoms with Crippen LogP contribution in [0.2, 0.25) is 5.15 Å². The van der Waals surface area contributed by atoms with Crippen molar-refractivity contribution in [3.63, 3.8) is 0 Å². The first-order valence-electron chi connectivity index (χ1n) is 13.7. The molecule has 7 rings (SSSR count). The Kier molecular flexibility index (Phi) is 6.47. The number of hydrogen-bond donors (Lipinski definition) is 1. The molecule has 4 heterocycles. The number of ether oxygens (including phenoxy) is 1. The molecule has 1 atom stereocenters. The summed E-state index contributed by atoms with van der Waals surface area (Å²) in [5.41, 5.74) is 10.7. The predicted molar refractivity (Wildman–Crippen MR) is 164 cm³/mol. The minimum absolute atomic E-state index is 0.0713. The molecular formula is C31H26ClFN6O2S. The number of nitrogen functional groups attached to an aromatic ring is 1. The third-order valence-corrected chi connectivity index (χ3v) is 8.88. The minimum Gasteiger partial charge on any atom is -0.487 e. The van der Waals surface area contributed by atoms with Crippen LogP contribution in [0.4, 0.5) is 10.2 Å². The number of nitrogens with zero attached hydrogens (tertiary/aromatic N) is 5. The van der Waals surface area contributed by atoms with Gasteiger partial charge in [0.25, 0.3) is 5.56 Å². The van der Waals surface area contributed by atoms with Crippen molar-refractivity contribution in [3.05, 3.63) is 92.7 Å². The summed E-state index contributed by atoms with van der Waals surface area (Å²) in [4.78, 5) is 23.5. The molecule has 8 nitrogen and oxygen atoms in total. The highest BCUT2D eigenvalue weighted by atomic mass is 35.5. The van der Waals surface area contributed by atoms with Crippen LogP contribution in [0.25, 0.3) is 38.2 Å². The van der Waals surface area contributed by atoms with Crippen molar-refractivity contribution < 1.29 is 9.13 Å². The van der Waals surface area contributed by atoms with Gasteiger partial charge in [-0.05, 0) is 61.6 Å². The van der Waals surface area contributed by atoms with Gasteiger partial charge in [0.05, 0.1) is 23.1 Å². The molecular weight excluding hydrogens is 575 g/mol. The molecule has 4 aromatic heterocycles. The van der Waals surface area contributed by atoms with E-state index in [4.69, 9.17) is 27.2 Å². The molecule has 0 spiro atoms. The Morgan fingerprint density at radius 2 is 2.00 bits per heavy atom. The number of thiazole rings is 1. The van der Waals surface area contributed by atoms with Crippen LogP contribution in [0.3, 0.4) is 0 Å². The Morgan fingerprint density at radius 3 is 2.74 bits per heavy atom. The molecule has 1 saturated carbocycles. The number of fused-ring (bicyclic) bond motifs is 2. The predicted octanol–water partition coefficient (Wildman–Crippen LogP) is 7.06. The van der Waals surface area contributed by atoms with Gasteiger partial charge in [0.2, 0.25) is 0 Å². The fourth-order valence-electron chi connectivity index (χ4n) is 5.46. The summed E-state index contributed by atoms with van der Waals surface area (Å²) in [6.45, 7) is 4.01. The van der Waals surface area contributed by atoms with E-state index in [1.165, 1.54) is 28.1 Å². The summed E-state index contributed by atoms with van der Waals surface area (Å²) >= 11 is 7.85. The first-order chi connectivity index (χ1) is 20.3. The highest BCUT2D eigenvalue weighted by molar-refractivity contribution is 7.16. The second-order valence-corrected chi connectivity index (χ2v) is 11.8. The average Bonchev–Trinajstić information content (AvgIpc) is 3.59. The van der Waals surface area contributed by atoms with Gasteiger partial charge in [-0.3, -0.25) is 9.20 Å². The van der Waals surface area contributed by atoms with Crippen LogP contribution in [0.5, 0.6) is 5.75 Å². The molecule has 212 valence electrons. The van der Waals surface area contributed by atoms with Crippen molar-refractivity contribution in [2.24, 2.45) is 0 Å². The summed E-state index contributed by atoms with van der Waals surface area (Å²) in [5.74, 6) is -0.0274. The lowest BCUT2D eigenvalue weighted by Gasteiger charge is -2.21. The second kappa shape index (κ2) is 10.2. The zero-order chi connectivity index (χ0) is 29.1.